The number of pyridine rings is 1. The van der Waals surface area contributed by atoms with Crippen molar-refractivity contribution >= 4 is 17.4 Å². The number of carboxylic acids is 1. The number of hydrogen-bond acceptors (Lipinski definition) is 3. The molecule has 0 aliphatic carbocycles. The molecule has 1 amide bonds. The Morgan fingerprint density at radius 3 is 2.50 bits per heavy atom. The summed E-state index contributed by atoms with van der Waals surface area (Å²) in [6.45, 7) is 2.68. The summed E-state index contributed by atoms with van der Waals surface area (Å²) in [4.78, 5) is 24.4. The highest BCUT2D eigenvalue weighted by Crippen LogP contribution is 2.40. The molecule has 4 rings (SSSR count). The summed E-state index contributed by atoms with van der Waals surface area (Å²) in [7, 11) is 0. The van der Waals surface area contributed by atoms with Gasteiger partial charge < -0.3 is 10.0 Å². The molecule has 0 bridgehead atoms. The lowest BCUT2D eigenvalue weighted by Crippen LogP contribution is -2.36. The van der Waals surface area contributed by atoms with Crippen LogP contribution in [0.25, 0.3) is 16.6 Å². The number of nitrogens with zero attached hydrogens (tertiary/aromatic N) is 3. The molecule has 0 saturated carbocycles. The van der Waals surface area contributed by atoms with Gasteiger partial charge in [0.25, 0.3) is 0 Å². The number of hydrogen-bond donors (Lipinski definition) is 1. The predicted octanol–water partition coefficient (Wildman–Crippen LogP) is 4.37. The number of carboxylic acid groups (broad SMARTS) is 1. The third kappa shape index (κ3) is 4.32. The zero-order valence-corrected chi connectivity index (χ0v) is 17.4. The molecule has 0 unspecified atom stereocenters. The second-order valence-electron chi connectivity index (χ2n) is 8.07. The molecule has 0 atom stereocenters. The Labute approximate surface area is 182 Å². The van der Waals surface area contributed by atoms with E-state index in [1.54, 1.807) is 23.1 Å². The molecular weight excluding hydrogens is 423 g/mol. The van der Waals surface area contributed by atoms with Crippen LogP contribution in [0.4, 0.5) is 13.2 Å². The van der Waals surface area contributed by atoms with E-state index in [-0.39, 0.29) is 23.8 Å². The first-order valence-electron chi connectivity index (χ1n) is 10.3. The number of piperidine rings is 1. The van der Waals surface area contributed by atoms with Crippen LogP contribution in [0, 0.1) is 0 Å². The van der Waals surface area contributed by atoms with E-state index in [9.17, 15) is 22.8 Å². The molecule has 1 aliphatic rings. The highest BCUT2D eigenvalue weighted by molar-refractivity contribution is 5.78. The van der Waals surface area contributed by atoms with Gasteiger partial charge in [-0.15, -0.1) is 0 Å². The summed E-state index contributed by atoms with van der Waals surface area (Å²) >= 11 is 0. The van der Waals surface area contributed by atoms with Crippen LogP contribution in [-0.2, 0) is 22.2 Å². The zero-order chi connectivity index (χ0) is 23.0. The number of carbonyl (C=O) groups is 2. The molecule has 2 aromatic heterocycles. The highest BCUT2D eigenvalue weighted by Gasteiger charge is 2.34. The van der Waals surface area contributed by atoms with Crippen LogP contribution < -0.4 is 0 Å². The third-order valence-corrected chi connectivity index (χ3v) is 6.01. The van der Waals surface area contributed by atoms with Crippen molar-refractivity contribution in [2.75, 3.05) is 13.1 Å². The molecule has 1 aliphatic heterocycles. The number of carbonyl (C=O) groups excluding carboxylic acids is 1. The normalized spacial score (nSPS) is 15.3. The molecule has 0 spiro atoms. The minimum atomic E-state index is -4.54. The molecule has 1 N–H and O–H groups in total. The van der Waals surface area contributed by atoms with Crippen molar-refractivity contribution < 1.29 is 27.9 Å². The maximum atomic E-state index is 13.8. The summed E-state index contributed by atoms with van der Waals surface area (Å²) in [6.07, 6.45) is -0.481. The van der Waals surface area contributed by atoms with Crippen molar-refractivity contribution in [3.63, 3.8) is 0 Å². The maximum absolute atomic E-state index is 13.8. The summed E-state index contributed by atoms with van der Waals surface area (Å²) < 4.78 is 42.9. The second kappa shape index (κ2) is 8.29. The number of likely N-dealkylation sites (tertiary alicyclic amines) is 1. The van der Waals surface area contributed by atoms with Crippen molar-refractivity contribution in [1.82, 2.24) is 14.5 Å². The Balaban J connectivity index is 1.76. The van der Waals surface area contributed by atoms with Gasteiger partial charge in [-0.1, -0.05) is 12.1 Å². The summed E-state index contributed by atoms with van der Waals surface area (Å²) in [6, 6.07) is 7.32. The van der Waals surface area contributed by atoms with Crippen molar-refractivity contribution in [1.29, 1.82) is 0 Å². The molecule has 1 aromatic carbocycles. The molecule has 32 heavy (non-hydrogen) atoms. The number of aromatic nitrogens is 2. The minimum Gasteiger partial charge on any atom is -0.481 e. The number of fused-ring (bicyclic) bond motifs is 1. The van der Waals surface area contributed by atoms with Crippen LogP contribution in [0.1, 0.15) is 42.4 Å². The topological polar surface area (TPSA) is 74.9 Å². The molecular formula is C23H22F3N3O3. The average Bonchev–Trinajstić information content (AvgIpc) is 3.14. The van der Waals surface area contributed by atoms with Gasteiger partial charge in [0, 0.05) is 31.8 Å². The molecule has 3 heterocycles. The summed E-state index contributed by atoms with van der Waals surface area (Å²) in [5, 5.41) is 13.2. The van der Waals surface area contributed by atoms with Gasteiger partial charge in [-0.05, 0) is 53.6 Å². The van der Waals surface area contributed by atoms with E-state index in [4.69, 9.17) is 5.11 Å². The number of amides is 1. The second-order valence-corrected chi connectivity index (χ2v) is 8.07. The lowest BCUT2D eigenvalue weighted by atomic mass is 9.86. The minimum absolute atomic E-state index is 0.00262. The molecule has 1 fully saturated rings. The van der Waals surface area contributed by atoms with E-state index >= 15 is 0 Å². The van der Waals surface area contributed by atoms with E-state index in [1.165, 1.54) is 29.9 Å². The van der Waals surface area contributed by atoms with Crippen molar-refractivity contribution in [2.24, 2.45) is 0 Å². The van der Waals surface area contributed by atoms with E-state index in [1.807, 2.05) is 0 Å². The average molecular weight is 445 g/mol. The molecule has 168 valence electrons. The van der Waals surface area contributed by atoms with Crippen molar-refractivity contribution in [3.8, 4) is 11.1 Å². The number of rotatable bonds is 4. The van der Waals surface area contributed by atoms with Gasteiger partial charge >= 0.3 is 12.1 Å². The van der Waals surface area contributed by atoms with Crippen molar-refractivity contribution in [3.05, 3.63) is 59.4 Å². The van der Waals surface area contributed by atoms with Crippen LogP contribution in [0.3, 0.4) is 0 Å². The van der Waals surface area contributed by atoms with Gasteiger partial charge in [-0.3, -0.25) is 9.59 Å². The van der Waals surface area contributed by atoms with Crippen molar-refractivity contribution in [2.45, 2.75) is 38.3 Å². The fourth-order valence-corrected chi connectivity index (χ4v) is 4.33. The van der Waals surface area contributed by atoms with E-state index in [0.717, 1.165) is 11.6 Å². The fraction of sp³-hybridized carbons (Fsp3) is 0.348. The number of aliphatic carboxylic acids is 1. The number of alkyl halides is 3. The van der Waals surface area contributed by atoms with Gasteiger partial charge in [0.05, 0.1) is 23.7 Å². The first-order chi connectivity index (χ1) is 15.1. The standard InChI is InChI=1S/C23H22F3N3O3/c1-14(30)28-7-4-15(5-8-28)16-2-3-20(23(24,25)26)19(10-16)17-6-9-29-21(11-17)18(13-27-29)12-22(31)32/h2-3,6,9-11,13,15H,4-5,7-8,12H2,1H3,(H,31,32). The van der Waals surface area contributed by atoms with Crippen LogP contribution in [-0.4, -0.2) is 44.6 Å². The molecule has 6 nitrogen and oxygen atoms in total. The van der Waals surface area contributed by atoms with Gasteiger partial charge in [0.2, 0.25) is 5.91 Å². The predicted molar refractivity (Wildman–Crippen MR) is 111 cm³/mol. The van der Waals surface area contributed by atoms with E-state index in [2.05, 4.69) is 5.10 Å². The molecule has 3 aromatic rings. The van der Waals surface area contributed by atoms with Crippen LogP contribution in [0.2, 0.25) is 0 Å². The van der Waals surface area contributed by atoms with Crippen LogP contribution in [0.15, 0.2) is 42.7 Å². The smallest absolute Gasteiger partial charge is 0.417 e. The van der Waals surface area contributed by atoms with Crippen LogP contribution >= 0.6 is 0 Å². The van der Waals surface area contributed by atoms with E-state index in [0.29, 0.717) is 42.6 Å². The highest BCUT2D eigenvalue weighted by atomic mass is 19.4. The Morgan fingerprint density at radius 2 is 1.88 bits per heavy atom. The lowest BCUT2D eigenvalue weighted by molar-refractivity contribution is -0.137. The molecule has 1 saturated heterocycles. The number of halogens is 3. The van der Waals surface area contributed by atoms with Gasteiger partial charge in [-0.2, -0.15) is 18.3 Å². The van der Waals surface area contributed by atoms with Gasteiger partial charge in [0.1, 0.15) is 0 Å². The maximum Gasteiger partial charge on any atom is 0.417 e. The lowest BCUT2D eigenvalue weighted by Gasteiger charge is -2.32. The zero-order valence-electron chi connectivity index (χ0n) is 17.4. The van der Waals surface area contributed by atoms with Gasteiger partial charge in [-0.25, -0.2) is 4.52 Å². The SMILES string of the molecule is CC(=O)N1CCC(c2ccc(C(F)(F)F)c(-c3ccn4ncc(CC(=O)O)c4c3)c2)CC1. The number of benzene rings is 1. The van der Waals surface area contributed by atoms with E-state index < -0.39 is 17.7 Å². The Kier molecular flexibility index (Phi) is 5.66. The summed E-state index contributed by atoms with van der Waals surface area (Å²) in [5.41, 5.74) is 1.34. The fourth-order valence-electron chi connectivity index (χ4n) is 4.33. The quantitative estimate of drug-likeness (QED) is 0.647. The third-order valence-electron chi connectivity index (χ3n) is 6.01. The van der Waals surface area contributed by atoms with Gasteiger partial charge in [0.15, 0.2) is 0 Å². The summed E-state index contributed by atoms with van der Waals surface area (Å²) in [5.74, 6) is -0.976. The molecule has 9 heteroatoms. The Hall–Kier alpha value is -3.36. The monoisotopic (exact) mass is 445 g/mol. The van der Waals surface area contributed by atoms with Crippen LogP contribution in [0.5, 0.6) is 0 Å². The molecule has 0 radical (unpaired) electrons. The first-order valence-corrected chi connectivity index (χ1v) is 10.3. The Bertz CT molecular complexity index is 1180. The first kappa shape index (κ1) is 21.9. The largest absolute Gasteiger partial charge is 0.481 e. The Morgan fingerprint density at radius 1 is 1.16 bits per heavy atom.